The second-order valence-electron chi connectivity index (χ2n) is 10.1. The van der Waals surface area contributed by atoms with E-state index in [0.717, 1.165) is 4.90 Å². The molecule has 2 fully saturated rings. The van der Waals surface area contributed by atoms with Gasteiger partial charge in [-0.3, -0.25) is 24.3 Å². The maximum atomic E-state index is 15.4. The van der Waals surface area contributed by atoms with Crippen LogP contribution in [0.15, 0.2) is 29.2 Å². The molecule has 4 heterocycles. The van der Waals surface area contributed by atoms with E-state index in [2.05, 4.69) is 10.3 Å². The summed E-state index contributed by atoms with van der Waals surface area (Å²) < 4.78 is 125. The molecular weight excluding hydrogens is 619 g/mol. The second kappa shape index (κ2) is 10.1. The van der Waals surface area contributed by atoms with E-state index in [1.807, 2.05) is 5.32 Å². The monoisotopic (exact) mass is 636 g/mol. The largest absolute Gasteiger partial charge is 0.455 e. The van der Waals surface area contributed by atoms with E-state index >= 15 is 4.39 Å². The number of anilines is 1. The molecule has 2 aliphatic heterocycles. The van der Waals surface area contributed by atoms with Gasteiger partial charge in [0.15, 0.2) is 28.9 Å². The number of rotatable bonds is 5. The smallest absolute Gasteiger partial charge is 0.351 e. The van der Waals surface area contributed by atoms with Crippen LogP contribution in [-0.4, -0.2) is 64.2 Å². The number of carbonyl (C=O) groups excluding carboxylic acids is 3. The predicted molar refractivity (Wildman–Crippen MR) is 131 cm³/mol. The Morgan fingerprint density at radius 1 is 1.02 bits per heavy atom. The van der Waals surface area contributed by atoms with Crippen molar-refractivity contribution in [3.05, 3.63) is 63.5 Å². The Labute approximate surface area is 238 Å². The van der Waals surface area contributed by atoms with Crippen LogP contribution in [0.5, 0.6) is 0 Å². The van der Waals surface area contributed by atoms with Crippen LogP contribution in [0.1, 0.15) is 23.7 Å². The molecule has 0 bridgehead atoms. The molecule has 10 nitrogen and oxygen atoms in total. The summed E-state index contributed by atoms with van der Waals surface area (Å²) in [6.45, 7) is -0.151. The second-order valence-corrected chi connectivity index (χ2v) is 10.1. The quantitative estimate of drug-likeness (QED) is 0.292. The SMILES string of the molecule is CC(NC(=O)c1cn(-c2c(F)cc(F)cc2F)c2nc(N3CCC4(C3)NC(=O)NC4=O)c(F)cc2c1=O)C(F)(F)C(F)(F)F. The number of aromatic nitrogens is 2. The predicted octanol–water partition coefficient (Wildman–Crippen LogP) is 3.05. The number of nitrogens with one attached hydrogen (secondary N) is 3. The van der Waals surface area contributed by atoms with E-state index in [0.29, 0.717) is 16.8 Å². The zero-order chi connectivity index (χ0) is 32.5. The molecule has 234 valence electrons. The van der Waals surface area contributed by atoms with Gasteiger partial charge in [0.25, 0.3) is 11.8 Å². The fourth-order valence-electron chi connectivity index (χ4n) is 4.95. The number of imide groups is 1. The third kappa shape index (κ3) is 4.84. The minimum absolute atomic E-state index is 0.0302. The number of nitrogens with zero attached hydrogens (tertiary/aromatic N) is 3. The maximum Gasteiger partial charge on any atom is 0.455 e. The van der Waals surface area contributed by atoms with Crippen molar-refractivity contribution >= 4 is 34.7 Å². The zero-order valence-electron chi connectivity index (χ0n) is 21.9. The lowest BCUT2D eigenvalue weighted by Gasteiger charge is -2.26. The number of hydrogen-bond donors (Lipinski definition) is 3. The number of carbonyl (C=O) groups is 3. The molecule has 0 radical (unpaired) electrons. The molecule has 2 unspecified atom stereocenters. The third-order valence-electron chi connectivity index (χ3n) is 7.23. The molecule has 1 spiro atoms. The molecule has 2 aliphatic rings. The summed E-state index contributed by atoms with van der Waals surface area (Å²) in [5.41, 5.74) is -6.12. The van der Waals surface area contributed by atoms with E-state index in [4.69, 9.17) is 0 Å². The Morgan fingerprint density at radius 3 is 2.23 bits per heavy atom. The van der Waals surface area contributed by atoms with Crippen molar-refractivity contribution in [1.82, 2.24) is 25.5 Å². The molecule has 19 heteroatoms. The molecule has 1 aromatic carbocycles. The molecule has 0 saturated carbocycles. The normalized spacial score (nSPS) is 19.5. The van der Waals surface area contributed by atoms with Gasteiger partial charge in [-0.2, -0.15) is 22.0 Å². The van der Waals surface area contributed by atoms with E-state index in [1.165, 1.54) is 5.32 Å². The average Bonchev–Trinajstić information content (AvgIpc) is 3.45. The van der Waals surface area contributed by atoms with Crippen molar-refractivity contribution in [3.63, 3.8) is 0 Å². The molecule has 44 heavy (non-hydrogen) atoms. The van der Waals surface area contributed by atoms with Crippen molar-refractivity contribution in [2.45, 2.75) is 37.0 Å². The summed E-state index contributed by atoms with van der Waals surface area (Å²) in [7, 11) is 0. The minimum atomic E-state index is -6.11. The third-order valence-corrected chi connectivity index (χ3v) is 7.23. The van der Waals surface area contributed by atoms with Crippen molar-refractivity contribution in [1.29, 1.82) is 0 Å². The first-order valence-corrected chi connectivity index (χ1v) is 12.4. The summed E-state index contributed by atoms with van der Waals surface area (Å²) in [6, 6.07) is -2.88. The van der Waals surface area contributed by atoms with Gasteiger partial charge in [0.2, 0.25) is 5.43 Å². The standard InChI is InChI=1S/C25H17F9N6O4/c1-9(24(30,31)25(32,33)34)35-20(42)12-7-40(16-13(27)4-10(26)5-14(16)28)18-11(17(12)41)6-15(29)19(36-18)39-3-2-23(8-39)21(43)37-22(44)38-23/h4-7,9H,2-3,8H2,1H3,(H,35,42)(H2,37,38,43,44). The molecule has 5 rings (SSSR count). The van der Waals surface area contributed by atoms with E-state index < -0.39 is 98.3 Å². The lowest BCUT2D eigenvalue weighted by atomic mass is 10.00. The molecule has 3 aromatic rings. The lowest BCUT2D eigenvalue weighted by Crippen LogP contribution is -2.54. The average molecular weight is 636 g/mol. The molecule has 3 N–H and O–H groups in total. The Hall–Kier alpha value is -4.84. The number of halogens is 9. The van der Waals surface area contributed by atoms with Crippen molar-refractivity contribution in [3.8, 4) is 5.69 Å². The van der Waals surface area contributed by atoms with Gasteiger partial charge >= 0.3 is 18.1 Å². The summed E-state index contributed by atoms with van der Waals surface area (Å²) in [5, 5.41) is 4.87. The van der Waals surface area contributed by atoms with Gasteiger partial charge in [-0.1, -0.05) is 0 Å². The van der Waals surface area contributed by atoms with Gasteiger partial charge in [0, 0.05) is 24.9 Å². The van der Waals surface area contributed by atoms with Crippen LogP contribution in [0.4, 0.5) is 50.1 Å². The Kier molecular flexibility index (Phi) is 7.04. The Morgan fingerprint density at radius 2 is 1.66 bits per heavy atom. The summed E-state index contributed by atoms with van der Waals surface area (Å²) >= 11 is 0. The van der Waals surface area contributed by atoms with E-state index in [9.17, 15) is 54.3 Å². The number of pyridine rings is 2. The minimum Gasteiger partial charge on any atom is -0.351 e. The van der Waals surface area contributed by atoms with Crippen molar-refractivity contribution in [2.75, 3.05) is 18.0 Å². The Bertz CT molecular complexity index is 1790. The fraction of sp³-hybridized carbons (Fsp3) is 0.320. The van der Waals surface area contributed by atoms with Crippen LogP contribution in [0.25, 0.3) is 16.7 Å². The van der Waals surface area contributed by atoms with Crippen molar-refractivity contribution in [2.24, 2.45) is 0 Å². The molecule has 2 atom stereocenters. The van der Waals surface area contributed by atoms with Crippen LogP contribution in [0.2, 0.25) is 0 Å². The van der Waals surface area contributed by atoms with Gasteiger partial charge in [-0.05, 0) is 19.4 Å². The molecule has 2 aromatic heterocycles. The van der Waals surface area contributed by atoms with Gasteiger partial charge in [-0.25, -0.2) is 27.3 Å². The Balaban J connectivity index is 1.68. The van der Waals surface area contributed by atoms with Crippen LogP contribution >= 0.6 is 0 Å². The number of amides is 4. The number of alkyl halides is 5. The summed E-state index contributed by atoms with van der Waals surface area (Å²) in [6.07, 6.45) is -5.77. The zero-order valence-corrected chi connectivity index (χ0v) is 21.9. The molecule has 0 aliphatic carbocycles. The number of benzene rings is 1. The van der Waals surface area contributed by atoms with Crippen LogP contribution < -0.4 is 26.3 Å². The maximum absolute atomic E-state index is 15.4. The first-order chi connectivity index (χ1) is 20.4. The first-order valence-electron chi connectivity index (χ1n) is 12.4. The number of fused-ring (bicyclic) bond motifs is 1. The molecular formula is C25H17F9N6O4. The fourth-order valence-corrected chi connectivity index (χ4v) is 4.95. The molecule has 2 saturated heterocycles. The highest BCUT2D eigenvalue weighted by molar-refractivity contribution is 6.07. The van der Waals surface area contributed by atoms with E-state index in [-0.39, 0.29) is 38.6 Å². The van der Waals surface area contributed by atoms with Gasteiger partial charge in [-0.15, -0.1) is 0 Å². The van der Waals surface area contributed by atoms with Gasteiger partial charge in [0.05, 0.1) is 18.0 Å². The number of urea groups is 1. The summed E-state index contributed by atoms with van der Waals surface area (Å²) in [4.78, 5) is 55.1. The van der Waals surface area contributed by atoms with Crippen LogP contribution in [0, 0.1) is 23.3 Å². The van der Waals surface area contributed by atoms with Crippen LogP contribution in [0.3, 0.4) is 0 Å². The topological polar surface area (TPSA) is 125 Å². The highest BCUT2D eigenvalue weighted by atomic mass is 19.4. The van der Waals surface area contributed by atoms with Crippen LogP contribution in [-0.2, 0) is 4.79 Å². The highest BCUT2D eigenvalue weighted by Crippen LogP contribution is 2.38. The lowest BCUT2D eigenvalue weighted by molar-refractivity contribution is -0.290. The summed E-state index contributed by atoms with van der Waals surface area (Å²) in [5.74, 6) is -14.6. The van der Waals surface area contributed by atoms with E-state index in [1.54, 1.807) is 0 Å². The first kappa shape index (κ1) is 30.6. The number of hydrogen-bond acceptors (Lipinski definition) is 6. The molecule has 4 amide bonds. The van der Waals surface area contributed by atoms with Crippen molar-refractivity contribution < 1.29 is 53.9 Å². The highest BCUT2D eigenvalue weighted by Gasteiger charge is 2.61. The van der Waals surface area contributed by atoms with Gasteiger partial charge < -0.3 is 15.5 Å². The van der Waals surface area contributed by atoms with Gasteiger partial charge in [0.1, 0.15) is 22.6 Å².